The van der Waals surface area contributed by atoms with E-state index in [-0.39, 0.29) is 0 Å². The molecule has 5 heteroatoms. The highest BCUT2D eigenvalue weighted by atomic mass is 35.5. The molecule has 1 unspecified atom stereocenters. The van der Waals surface area contributed by atoms with Gasteiger partial charge in [0.15, 0.2) is 0 Å². The van der Waals surface area contributed by atoms with Crippen molar-refractivity contribution in [3.63, 3.8) is 0 Å². The lowest BCUT2D eigenvalue weighted by Crippen LogP contribution is -2.29. The second-order valence-corrected chi connectivity index (χ2v) is 4.46. The average molecular weight is 257 g/mol. The first kappa shape index (κ1) is 12.6. The molecule has 94 valence electrons. The Balaban J connectivity index is 1.56. The van der Waals surface area contributed by atoms with E-state index >= 15 is 0 Å². The third-order valence-corrected chi connectivity index (χ3v) is 2.83. The van der Waals surface area contributed by atoms with Crippen LogP contribution in [0.3, 0.4) is 0 Å². The number of hydrogen-bond donors (Lipinski definition) is 1. The first-order valence-corrected chi connectivity index (χ1v) is 6.28. The Bertz CT molecular complexity index is 343. The van der Waals surface area contributed by atoms with E-state index in [0.29, 0.717) is 23.5 Å². The van der Waals surface area contributed by atoms with Crippen molar-refractivity contribution in [1.82, 2.24) is 10.3 Å². The number of ether oxygens (including phenoxy) is 2. The van der Waals surface area contributed by atoms with Gasteiger partial charge in [-0.05, 0) is 12.8 Å². The molecular weight excluding hydrogens is 240 g/mol. The first-order valence-electron chi connectivity index (χ1n) is 5.90. The highest BCUT2D eigenvalue weighted by Gasteiger charge is 2.14. The van der Waals surface area contributed by atoms with Gasteiger partial charge in [-0.2, -0.15) is 0 Å². The summed E-state index contributed by atoms with van der Waals surface area (Å²) < 4.78 is 11.0. The first-order chi connectivity index (χ1) is 8.34. The molecule has 2 heterocycles. The summed E-state index contributed by atoms with van der Waals surface area (Å²) in [5, 5.41) is 3.90. The number of halogens is 1. The van der Waals surface area contributed by atoms with E-state index in [0.717, 1.165) is 26.1 Å². The van der Waals surface area contributed by atoms with Gasteiger partial charge in [-0.15, -0.1) is 0 Å². The van der Waals surface area contributed by atoms with Crippen molar-refractivity contribution < 1.29 is 9.47 Å². The zero-order valence-electron chi connectivity index (χ0n) is 9.69. The monoisotopic (exact) mass is 256 g/mol. The van der Waals surface area contributed by atoms with E-state index in [1.165, 1.54) is 6.42 Å². The Morgan fingerprint density at radius 3 is 3.24 bits per heavy atom. The van der Waals surface area contributed by atoms with Crippen LogP contribution in [0.25, 0.3) is 0 Å². The van der Waals surface area contributed by atoms with Gasteiger partial charge in [-0.3, -0.25) is 4.98 Å². The van der Waals surface area contributed by atoms with Crippen LogP contribution in [0, 0.1) is 0 Å². The number of hydrogen-bond acceptors (Lipinski definition) is 4. The van der Waals surface area contributed by atoms with Crippen molar-refractivity contribution in [2.75, 3.05) is 26.3 Å². The van der Waals surface area contributed by atoms with Gasteiger partial charge in [0.1, 0.15) is 12.4 Å². The number of nitrogens with one attached hydrogen (secondary N) is 1. The summed E-state index contributed by atoms with van der Waals surface area (Å²) in [4.78, 5) is 3.95. The molecule has 1 aliphatic heterocycles. The minimum Gasteiger partial charge on any atom is -0.491 e. The van der Waals surface area contributed by atoms with E-state index < -0.39 is 0 Å². The molecule has 0 saturated carbocycles. The molecule has 2 rings (SSSR count). The minimum atomic E-state index is 0.378. The Kier molecular flexibility index (Phi) is 5.04. The minimum absolute atomic E-state index is 0.378. The van der Waals surface area contributed by atoms with Gasteiger partial charge < -0.3 is 14.8 Å². The van der Waals surface area contributed by atoms with Gasteiger partial charge in [0.05, 0.1) is 17.3 Å². The molecule has 1 fully saturated rings. The van der Waals surface area contributed by atoms with E-state index in [1.807, 2.05) is 0 Å². The lowest BCUT2D eigenvalue weighted by atomic mass is 10.2. The van der Waals surface area contributed by atoms with E-state index in [9.17, 15) is 0 Å². The summed E-state index contributed by atoms with van der Waals surface area (Å²) in [6.45, 7) is 3.20. The Morgan fingerprint density at radius 1 is 1.53 bits per heavy atom. The molecule has 0 bridgehead atoms. The van der Waals surface area contributed by atoms with Gasteiger partial charge in [0.25, 0.3) is 0 Å². The predicted octanol–water partition coefficient (Wildman–Crippen LogP) is 1.88. The standard InChI is InChI=1S/C12H17ClN2O2/c13-10-6-12(9-15-7-10)17-5-3-14-8-11-2-1-4-16-11/h6-7,9,11,14H,1-5,8H2. The lowest BCUT2D eigenvalue weighted by molar-refractivity contribution is 0.109. The molecule has 1 aromatic heterocycles. The third-order valence-electron chi connectivity index (χ3n) is 2.62. The molecule has 1 N–H and O–H groups in total. The fraction of sp³-hybridized carbons (Fsp3) is 0.583. The van der Waals surface area contributed by atoms with E-state index in [1.54, 1.807) is 18.5 Å². The zero-order valence-corrected chi connectivity index (χ0v) is 10.4. The van der Waals surface area contributed by atoms with Gasteiger partial charge in [0, 0.05) is 32.0 Å². The summed E-state index contributed by atoms with van der Waals surface area (Å²) in [5.74, 6) is 0.705. The van der Waals surface area contributed by atoms with Crippen LogP contribution >= 0.6 is 11.6 Å². The fourth-order valence-corrected chi connectivity index (χ4v) is 1.94. The molecule has 0 amide bonds. The van der Waals surface area contributed by atoms with Crippen LogP contribution in [0.1, 0.15) is 12.8 Å². The third kappa shape index (κ3) is 4.50. The van der Waals surface area contributed by atoms with E-state index in [4.69, 9.17) is 21.1 Å². The van der Waals surface area contributed by atoms with Gasteiger partial charge >= 0.3 is 0 Å². The van der Waals surface area contributed by atoms with E-state index in [2.05, 4.69) is 10.3 Å². The summed E-state index contributed by atoms with van der Waals surface area (Å²) in [6, 6.07) is 1.76. The number of rotatable bonds is 6. The molecule has 0 aliphatic carbocycles. The maximum Gasteiger partial charge on any atom is 0.139 e. The zero-order chi connectivity index (χ0) is 11.9. The molecule has 1 atom stereocenters. The van der Waals surface area contributed by atoms with Crippen molar-refractivity contribution in [1.29, 1.82) is 0 Å². The molecule has 1 aliphatic rings. The lowest BCUT2D eigenvalue weighted by Gasteiger charge is -2.11. The summed E-state index contributed by atoms with van der Waals surface area (Å²) >= 11 is 5.80. The van der Waals surface area contributed by atoms with Crippen molar-refractivity contribution in [2.45, 2.75) is 18.9 Å². The Labute approximate surface area is 106 Å². The highest BCUT2D eigenvalue weighted by Crippen LogP contribution is 2.14. The molecular formula is C12H17ClN2O2. The quantitative estimate of drug-likeness (QED) is 0.790. The summed E-state index contributed by atoms with van der Waals surface area (Å²) in [6.07, 6.45) is 5.96. The predicted molar refractivity (Wildman–Crippen MR) is 66.6 cm³/mol. The highest BCUT2D eigenvalue weighted by molar-refractivity contribution is 6.30. The van der Waals surface area contributed by atoms with Crippen LogP contribution in [-0.4, -0.2) is 37.4 Å². The second-order valence-electron chi connectivity index (χ2n) is 4.03. The topological polar surface area (TPSA) is 43.4 Å². The number of pyridine rings is 1. The van der Waals surface area contributed by atoms with Crippen LogP contribution in [-0.2, 0) is 4.74 Å². The van der Waals surface area contributed by atoms with Gasteiger partial charge in [0.2, 0.25) is 0 Å². The molecule has 17 heavy (non-hydrogen) atoms. The SMILES string of the molecule is Clc1cncc(OCCNCC2CCCO2)c1. The van der Waals surface area contributed by atoms with Crippen molar-refractivity contribution in [3.05, 3.63) is 23.5 Å². The maximum atomic E-state index is 5.80. The van der Waals surface area contributed by atoms with Gasteiger partial charge in [-0.1, -0.05) is 11.6 Å². The molecule has 0 aromatic carbocycles. The smallest absolute Gasteiger partial charge is 0.139 e. The maximum absolute atomic E-state index is 5.80. The molecule has 0 radical (unpaired) electrons. The molecule has 4 nitrogen and oxygen atoms in total. The van der Waals surface area contributed by atoms with Crippen molar-refractivity contribution in [2.24, 2.45) is 0 Å². The Hall–Kier alpha value is -0.840. The van der Waals surface area contributed by atoms with Gasteiger partial charge in [-0.25, -0.2) is 0 Å². The largest absolute Gasteiger partial charge is 0.491 e. The normalized spacial score (nSPS) is 19.5. The van der Waals surface area contributed by atoms with Crippen LogP contribution in [0.4, 0.5) is 0 Å². The summed E-state index contributed by atoms with van der Waals surface area (Å²) in [5.41, 5.74) is 0. The fourth-order valence-electron chi connectivity index (χ4n) is 1.78. The average Bonchev–Trinajstić information content (AvgIpc) is 2.82. The molecule has 1 saturated heterocycles. The van der Waals surface area contributed by atoms with Crippen LogP contribution < -0.4 is 10.1 Å². The van der Waals surface area contributed by atoms with Crippen molar-refractivity contribution in [3.8, 4) is 5.75 Å². The molecule has 0 spiro atoms. The van der Waals surface area contributed by atoms with Crippen molar-refractivity contribution >= 4 is 11.6 Å². The Morgan fingerprint density at radius 2 is 2.47 bits per heavy atom. The summed E-state index contributed by atoms with van der Waals surface area (Å²) in [7, 11) is 0. The van der Waals surface area contributed by atoms with Crippen LogP contribution in [0.2, 0.25) is 5.02 Å². The van der Waals surface area contributed by atoms with Crippen LogP contribution in [0.15, 0.2) is 18.5 Å². The second kappa shape index (κ2) is 6.79. The number of aromatic nitrogens is 1. The molecule has 1 aromatic rings. The number of nitrogens with zero attached hydrogens (tertiary/aromatic N) is 1. The van der Waals surface area contributed by atoms with Crippen LogP contribution in [0.5, 0.6) is 5.75 Å².